The van der Waals surface area contributed by atoms with Crippen molar-refractivity contribution < 1.29 is 14.6 Å². The lowest BCUT2D eigenvalue weighted by atomic mass is 10.0. The quantitative estimate of drug-likeness (QED) is 0.432. The zero-order chi connectivity index (χ0) is 21.5. The Morgan fingerprint density at radius 3 is 2.77 bits per heavy atom. The fourth-order valence-electron chi connectivity index (χ4n) is 4.01. The predicted molar refractivity (Wildman–Crippen MR) is 121 cm³/mol. The van der Waals surface area contributed by atoms with Gasteiger partial charge in [-0.3, -0.25) is 0 Å². The molecular formula is C25H23N3O3. The number of pyridine rings is 1. The molecule has 1 aliphatic carbocycles. The molecule has 31 heavy (non-hydrogen) atoms. The minimum Gasteiger partial charge on any atom is -0.497 e. The zero-order valence-electron chi connectivity index (χ0n) is 17.4. The van der Waals surface area contributed by atoms with E-state index in [-0.39, 0.29) is 5.56 Å². The molecule has 6 nitrogen and oxygen atoms in total. The molecule has 0 radical (unpaired) electrons. The summed E-state index contributed by atoms with van der Waals surface area (Å²) in [6.07, 6.45) is 6.08. The molecule has 156 valence electrons. The van der Waals surface area contributed by atoms with E-state index in [1.165, 1.54) is 0 Å². The van der Waals surface area contributed by atoms with Crippen LogP contribution in [0.1, 0.15) is 34.7 Å². The van der Waals surface area contributed by atoms with Gasteiger partial charge in [-0.25, -0.2) is 9.78 Å². The topological polar surface area (TPSA) is 76.4 Å². The van der Waals surface area contributed by atoms with Crippen LogP contribution in [0.2, 0.25) is 0 Å². The smallest absolute Gasteiger partial charge is 0.339 e. The van der Waals surface area contributed by atoms with Crippen LogP contribution in [0.25, 0.3) is 22.0 Å². The number of nitrogens with zero attached hydrogens (tertiary/aromatic N) is 2. The lowest BCUT2D eigenvalue weighted by Gasteiger charge is -2.11. The van der Waals surface area contributed by atoms with Gasteiger partial charge in [0, 0.05) is 41.6 Å². The first-order chi connectivity index (χ1) is 15.0. The number of fused-ring (bicyclic) bond motifs is 1. The SMILES string of the molecule is COc1cccc(-c2cn(C)c3ccc(Nc4ncc(C5CC5)cc4C(=O)O)cc23)c1. The van der Waals surface area contributed by atoms with E-state index in [1.54, 1.807) is 19.4 Å². The third kappa shape index (κ3) is 3.61. The Morgan fingerprint density at radius 1 is 1.19 bits per heavy atom. The zero-order valence-corrected chi connectivity index (χ0v) is 17.4. The van der Waals surface area contributed by atoms with Gasteiger partial charge in [0.15, 0.2) is 0 Å². The van der Waals surface area contributed by atoms with Gasteiger partial charge in [-0.1, -0.05) is 12.1 Å². The maximum absolute atomic E-state index is 11.8. The van der Waals surface area contributed by atoms with E-state index in [9.17, 15) is 9.90 Å². The molecule has 2 aromatic carbocycles. The molecule has 0 bridgehead atoms. The molecule has 0 unspecified atom stereocenters. The van der Waals surface area contributed by atoms with E-state index < -0.39 is 5.97 Å². The van der Waals surface area contributed by atoms with Crippen molar-refractivity contribution in [2.75, 3.05) is 12.4 Å². The van der Waals surface area contributed by atoms with Crippen LogP contribution in [-0.4, -0.2) is 27.7 Å². The molecule has 1 fully saturated rings. The van der Waals surface area contributed by atoms with Crippen LogP contribution < -0.4 is 10.1 Å². The van der Waals surface area contributed by atoms with Gasteiger partial charge in [-0.15, -0.1) is 0 Å². The molecule has 4 aromatic rings. The normalized spacial score (nSPS) is 13.4. The highest BCUT2D eigenvalue weighted by atomic mass is 16.5. The van der Waals surface area contributed by atoms with Gasteiger partial charge in [0.25, 0.3) is 0 Å². The molecule has 1 saturated carbocycles. The van der Waals surface area contributed by atoms with Gasteiger partial charge in [-0.2, -0.15) is 0 Å². The van der Waals surface area contributed by atoms with Gasteiger partial charge in [0.05, 0.1) is 7.11 Å². The number of carboxylic acids is 1. The highest BCUT2D eigenvalue weighted by Crippen LogP contribution is 2.41. The summed E-state index contributed by atoms with van der Waals surface area (Å²) in [6, 6.07) is 15.7. The third-order valence-electron chi connectivity index (χ3n) is 5.82. The summed E-state index contributed by atoms with van der Waals surface area (Å²) < 4.78 is 7.46. The second-order valence-electron chi connectivity index (χ2n) is 7.99. The number of aromatic nitrogens is 2. The molecule has 0 spiro atoms. The number of methoxy groups -OCH3 is 1. The highest BCUT2D eigenvalue weighted by molar-refractivity contribution is 5.99. The summed E-state index contributed by atoms with van der Waals surface area (Å²) >= 11 is 0. The number of nitrogens with one attached hydrogen (secondary N) is 1. The van der Waals surface area contributed by atoms with Crippen LogP contribution in [0.4, 0.5) is 11.5 Å². The second-order valence-corrected chi connectivity index (χ2v) is 7.99. The maximum Gasteiger partial charge on any atom is 0.339 e. The third-order valence-corrected chi connectivity index (χ3v) is 5.82. The number of carboxylic acid groups (broad SMARTS) is 1. The first kappa shape index (κ1) is 19.2. The van der Waals surface area contributed by atoms with Gasteiger partial charge in [-0.05, 0) is 66.3 Å². The number of rotatable bonds is 6. The lowest BCUT2D eigenvalue weighted by molar-refractivity contribution is 0.0697. The molecule has 0 aliphatic heterocycles. The van der Waals surface area contributed by atoms with Gasteiger partial charge < -0.3 is 19.7 Å². The van der Waals surface area contributed by atoms with E-state index in [1.807, 2.05) is 43.4 Å². The van der Waals surface area contributed by atoms with Crippen LogP contribution in [0, 0.1) is 0 Å². The number of hydrogen-bond acceptors (Lipinski definition) is 4. The average Bonchev–Trinajstić information content (AvgIpc) is 3.58. The summed E-state index contributed by atoms with van der Waals surface area (Å²) in [5, 5.41) is 14.0. The first-order valence-corrected chi connectivity index (χ1v) is 10.3. The van der Waals surface area contributed by atoms with Crippen molar-refractivity contribution in [3.8, 4) is 16.9 Å². The number of anilines is 2. The van der Waals surface area contributed by atoms with Crippen molar-refractivity contribution in [1.82, 2.24) is 9.55 Å². The number of hydrogen-bond donors (Lipinski definition) is 2. The molecular weight excluding hydrogens is 390 g/mol. The van der Waals surface area contributed by atoms with Crippen LogP contribution >= 0.6 is 0 Å². The average molecular weight is 413 g/mol. The van der Waals surface area contributed by atoms with Crippen molar-refractivity contribution >= 4 is 28.4 Å². The molecule has 2 aromatic heterocycles. The fourth-order valence-corrected chi connectivity index (χ4v) is 4.01. The monoisotopic (exact) mass is 413 g/mol. The van der Waals surface area contributed by atoms with Gasteiger partial charge >= 0.3 is 5.97 Å². The lowest BCUT2D eigenvalue weighted by Crippen LogP contribution is -2.06. The number of ether oxygens (including phenoxy) is 1. The van der Waals surface area contributed by atoms with Gasteiger partial charge in [0.2, 0.25) is 0 Å². The Morgan fingerprint density at radius 2 is 2.03 bits per heavy atom. The Kier molecular flexibility index (Phi) is 4.62. The molecule has 2 heterocycles. The van der Waals surface area contributed by atoms with Gasteiger partial charge in [0.1, 0.15) is 17.1 Å². The first-order valence-electron chi connectivity index (χ1n) is 10.3. The second kappa shape index (κ2) is 7.47. The molecule has 2 N–H and O–H groups in total. The Labute approximate surface area is 180 Å². The van der Waals surface area contributed by atoms with Crippen molar-refractivity contribution in [2.24, 2.45) is 7.05 Å². The summed E-state index contributed by atoms with van der Waals surface area (Å²) in [5.41, 5.74) is 5.21. The minimum atomic E-state index is -0.977. The molecule has 0 amide bonds. The Bertz CT molecular complexity index is 1300. The number of benzene rings is 2. The summed E-state index contributed by atoms with van der Waals surface area (Å²) in [5.74, 6) is 0.631. The molecule has 6 heteroatoms. The number of aryl methyl sites for hydroxylation is 1. The van der Waals surface area contributed by atoms with Crippen molar-refractivity contribution in [2.45, 2.75) is 18.8 Å². The summed E-state index contributed by atoms with van der Waals surface area (Å²) in [7, 11) is 3.67. The van der Waals surface area contributed by atoms with Crippen LogP contribution in [0.3, 0.4) is 0 Å². The van der Waals surface area contributed by atoms with E-state index in [2.05, 4.69) is 27.1 Å². The molecule has 0 atom stereocenters. The van der Waals surface area contributed by atoms with E-state index in [0.29, 0.717) is 11.7 Å². The van der Waals surface area contributed by atoms with E-state index >= 15 is 0 Å². The number of aromatic carboxylic acids is 1. The summed E-state index contributed by atoms with van der Waals surface area (Å²) in [6.45, 7) is 0. The largest absolute Gasteiger partial charge is 0.497 e. The fraction of sp³-hybridized carbons (Fsp3) is 0.200. The van der Waals surface area contributed by atoms with Crippen molar-refractivity contribution in [1.29, 1.82) is 0 Å². The minimum absolute atomic E-state index is 0.200. The number of carbonyl (C=O) groups is 1. The molecule has 5 rings (SSSR count). The van der Waals surface area contributed by atoms with Crippen molar-refractivity contribution in [3.63, 3.8) is 0 Å². The highest BCUT2D eigenvalue weighted by Gasteiger charge is 2.26. The van der Waals surface area contributed by atoms with E-state index in [4.69, 9.17) is 4.74 Å². The predicted octanol–water partition coefficient (Wildman–Crippen LogP) is 5.57. The Hall–Kier alpha value is -3.80. The standard InChI is InChI=1S/C25H23N3O3/c1-28-14-22(16-4-3-5-19(10-16)31-2)20-12-18(8-9-23(20)28)27-24-21(25(29)30)11-17(13-26-24)15-6-7-15/h3-5,8-15H,6-7H2,1-2H3,(H,26,27)(H,29,30). The van der Waals surface area contributed by atoms with Crippen LogP contribution in [0.5, 0.6) is 5.75 Å². The summed E-state index contributed by atoms with van der Waals surface area (Å²) in [4.78, 5) is 16.3. The van der Waals surface area contributed by atoms with Crippen LogP contribution in [0.15, 0.2) is 60.9 Å². The van der Waals surface area contributed by atoms with E-state index in [0.717, 1.165) is 51.9 Å². The maximum atomic E-state index is 11.8. The Balaban J connectivity index is 1.55. The molecule has 1 aliphatic rings. The molecule has 0 saturated heterocycles. The van der Waals surface area contributed by atoms with Crippen molar-refractivity contribution in [3.05, 3.63) is 72.1 Å². The van der Waals surface area contributed by atoms with Crippen LogP contribution in [-0.2, 0) is 7.05 Å².